The van der Waals surface area contributed by atoms with Crippen LogP contribution < -0.4 is 14.2 Å². The zero-order valence-electron chi connectivity index (χ0n) is 13.5. The fourth-order valence-corrected chi connectivity index (χ4v) is 2.54. The van der Waals surface area contributed by atoms with E-state index in [0.29, 0.717) is 22.1 Å². The van der Waals surface area contributed by atoms with Gasteiger partial charge in [0, 0.05) is 11.6 Å². The van der Waals surface area contributed by atoms with E-state index in [2.05, 4.69) is 0 Å². The van der Waals surface area contributed by atoms with E-state index in [9.17, 15) is 4.79 Å². The quantitative estimate of drug-likeness (QED) is 0.490. The zero-order valence-corrected chi connectivity index (χ0v) is 15.7. The fraction of sp³-hybridized carbons (Fsp3) is 0.235. The summed E-state index contributed by atoms with van der Waals surface area (Å²) in [6, 6.07) is 8.08. The van der Waals surface area contributed by atoms with E-state index < -0.39 is 5.97 Å². The molecule has 25 heavy (non-hydrogen) atoms. The van der Waals surface area contributed by atoms with Gasteiger partial charge in [-0.15, -0.1) is 0 Å². The molecule has 2 rings (SSSR count). The summed E-state index contributed by atoms with van der Waals surface area (Å²) in [5, 5.41) is 0.818. The highest BCUT2D eigenvalue weighted by Crippen LogP contribution is 2.33. The molecule has 0 atom stereocenters. The Morgan fingerprint density at radius 2 is 1.64 bits per heavy atom. The van der Waals surface area contributed by atoms with E-state index in [1.54, 1.807) is 25.3 Å². The lowest BCUT2D eigenvalue weighted by molar-refractivity contribution is -0.147. The molecule has 0 aromatic heterocycles. The minimum absolute atomic E-state index is 0.0116. The van der Waals surface area contributed by atoms with Crippen molar-refractivity contribution in [1.82, 2.24) is 0 Å². The molecule has 0 bridgehead atoms. The summed E-state index contributed by atoms with van der Waals surface area (Å²) in [6.07, 6.45) is 0. The van der Waals surface area contributed by atoms with Crippen molar-refractivity contribution in [2.75, 3.05) is 20.8 Å². The third-order valence-electron chi connectivity index (χ3n) is 3.20. The monoisotopic (exact) mass is 404 g/mol. The molecule has 0 fully saturated rings. The van der Waals surface area contributed by atoms with Gasteiger partial charge in [-0.2, -0.15) is 0 Å². The Morgan fingerprint density at radius 1 is 0.920 bits per heavy atom. The summed E-state index contributed by atoms with van der Waals surface area (Å²) in [7, 11) is 3.08. The van der Waals surface area contributed by atoms with Crippen molar-refractivity contribution in [3.63, 3.8) is 0 Å². The Labute approximate surface area is 160 Å². The minimum atomic E-state index is -0.577. The molecule has 0 unspecified atom stereocenters. The molecule has 0 radical (unpaired) electrons. The lowest BCUT2D eigenvalue weighted by Gasteiger charge is -2.12. The van der Waals surface area contributed by atoms with Crippen molar-refractivity contribution in [3.8, 4) is 17.2 Å². The number of carbonyl (C=O) groups excluding carboxylic acids is 1. The van der Waals surface area contributed by atoms with Gasteiger partial charge in [0.15, 0.2) is 6.61 Å². The van der Waals surface area contributed by atoms with E-state index >= 15 is 0 Å². The second kappa shape index (κ2) is 9.04. The van der Waals surface area contributed by atoms with Crippen molar-refractivity contribution < 1.29 is 23.7 Å². The molecule has 0 aliphatic heterocycles. The van der Waals surface area contributed by atoms with Crippen LogP contribution in [0.3, 0.4) is 0 Å². The second-order valence-corrected chi connectivity index (χ2v) is 6.05. The highest BCUT2D eigenvalue weighted by atomic mass is 35.5. The first-order valence-electron chi connectivity index (χ1n) is 7.08. The highest BCUT2D eigenvalue weighted by molar-refractivity contribution is 6.43. The summed E-state index contributed by atoms with van der Waals surface area (Å²) in [4.78, 5) is 11.9. The van der Waals surface area contributed by atoms with Gasteiger partial charge in [0.25, 0.3) is 0 Å². The van der Waals surface area contributed by atoms with Crippen molar-refractivity contribution in [3.05, 3.63) is 51.0 Å². The Balaban J connectivity index is 1.94. The van der Waals surface area contributed by atoms with Crippen LogP contribution in [-0.4, -0.2) is 26.8 Å². The van der Waals surface area contributed by atoms with Crippen LogP contribution in [0.25, 0.3) is 0 Å². The predicted octanol–water partition coefficient (Wildman–Crippen LogP) is 4.79. The van der Waals surface area contributed by atoms with Crippen molar-refractivity contribution in [1.29, 1.82) is 0 Å². The average molecular weight is 406 g/mol. The number of ether oxygens (including phenoxy) is 4. The first-order valence-corrected chi connectivity index (χ1v) is 8.22. The molecule has 0 aliphatic carbocycles. The molecule has 0 heterocycles. The normalized spacial score (nSPS) is 10.3. The number of esters is 1. The molecular formula is C17H15Cl3O5. The van der Waals surface area contributed by atoms with Crippen molar-refractivity contribution in [2.24, 2.45) is 0 Å². The molecular weight excluding hydrogens is 391 g/mol. The number of hydrogen-bond donors (Lipinski definition) is 0. The van der Waals surface area contributed by atoms with E-state index in [4.69, 9.17) is 53.8 Å². The highest BCUT2D eigenvalue weighted by Gasteiger charge is 2.12. The van der Waals surface area contributed by atoms with Crippen LogP contribution in [0.2, 0.25) is 15.1 Å². The Bertz CT molecular complexity index is 764. The van der Waals surface area contributed by atoms with Crippen LogP contribution in [0.5, 0.6) is 17.2 Å². The second-order valence-electron chi connectivity index (χ2n) is 4.82. The van der Waals surface area contributed by atoms with Gasteiger partial charge in [-0.25, -0.2) is 4.79 Å². The van der Waals surface area contributed by atoms with Crippen molar-refractivity contribution >= 4 is 40.8 Å². The maximum Gasteiger partial charge on any atom is 0.344 e. The van der Waals surface area contributed by atoms with Gasteiger partial charge in [-0.05, 0) is 24.3 Å². The Morgan fingerprint density at radius 3 is 2.32 bits per heavy atom. The summed E-state index contributed by atoms with van der Waals surface area (Å²) >= 11 is 17.7. The number of methoxy groups -OCH3 is 2. The predicted molar refractivity (Wildman–Crippen MR) is 96.3 cm³/mol. The van der Waals surface area contributed by atoms with E-state index in [-0.39, 0.29) is 29.0 Å². The Hall–Kier alpha value is -1.82. The topological polar surface area (TPSA) is 54.0 Å². The molecule has 0 spiro atoms. The van der Waals surface area contributed by atoms with Crippen LogP contribution in [0.15, 0.2) is 30.3 Å². The largest absolute Gasteiger partial charge is 0.497 e. The summed E-state index contributed by atoms with van der Waals surface area (Å²) in [5.74, 6) is 0.881. The number of carbonyl (C=O) groups is 1. The van der Waals surface area contributed by atoms with Gasteiger partial charge >= 0.3 is 5.97 Å². The standard InChI is InChI=1S/C17H15Cl3O5/c1-22-11-3-4-15(23-2)10(5-11)8-25-17(21)9-24-16-7-13(19)12(18)6-14(16)20/h3-7H,8-9H2,1-2H3. The summed E-state index contributed by atoms with van der Waals surface area (Å²) in [6.45, 7) is -0.318. The molecule has 0 aliphatic rings. The number of hydrogen-bond acceptors (Lipinski definition) is 5. The average Bonchev–Trinajstić information content (AvgIpc) is 2.61. The maximum absolute atomic E-state index is 11.9. The van der Waals surface area contributed by atoms with E-state index in [1.165, 1.54) is 19.2 Å². The van der Waals surface area contributed by atoms with Crippen LogP contribution in [0, 0.1) is 0 Å². The minimum Gasteiger partial charge on any atom is -0.497 e. The Kier molecular flexibility index (Phi) is 7.05. The first-order chi connectivity index (χ1) is 11.9. The smallest absolute Gasteiger partial charge is 0.344 e. The van der Waals surface area contributed by atoms with Crippen LogP contribution in [0.1, 0.15) is 5.56 Å². The number of rotatable bonds is 7. The van der Waals surface area contributed by atoms with Gasteiger partial charge in [0.05, 0.1) is 29.3 Å². The molecule has 8 heteroatoms. The molecule has 0 saturated heterocycles. The lowest BCUT2D eigenvalue weighted by atomic mass is 10.2. The van der Waals surface area contributed by atoms with Crippen LogP contribution in [0.4, 0.5) is 0 Å². The SMILES string of the molecule is COc1ccc(OC)c(COC(=O)COc2cc(Cl)c(Cl)cc2Cl)c1. The molecule has 5 nitrogen and oxygen atoms in total. The van der Waals surface area contributed by atoms with E-state index in [1.807, 2.05) is 0 Å². The van der Waals surface area contributed by atoms with Gasteiger partial charge in [0.1, 0.15) is 23.9 Å². The van der Waals surface area contributed by atoms with Crippen LogP contribution in [-0.2, 0) is 16.1 Å². The third kappa shape index (κ3) is 5.33. The van der Waals surface area contributed by atoms with Crippen LogP contribution >= 0.6 is 34.8 Å². The molecule has 2 aromatic carbocycles. The van der Waals surface area contributed by atoms with Gasteiger partial charge < -0.3 is 18.9 Å². The van der Waals surface area contributed by atoms with Gasteiger partial charge in [-0.1, -0.05) is 34.8 Å². The fourth-order valence-electron chi connectivity index (χ4n) is 1.95. The molecule has 0 N–H and O–H groups in total. The van der Waals surface area contributed by atoms with Gasteiger partial charge in [-0.3, -0.25) is 0 Å². The maximum atomic E-state index is 11.9. The molecule has 134 valence electrons. The lowest BCUT2D eigenvalue weighted by Crippen LogP contribution is -2.15. The molecule has 0 amide bonds. The molecule has 2 aromatic rings. The summed E-state index contributed by atoms with van der Waals surface area (Å²) < 4.78 is 20.9. The third-order valence-corrected chi connectivity index (χ3v) is 4.21. The zero-order chi connectivity index (χ0) is 18.4. The van der Waals surface area contributed by atoms with Gasteiger partial charge in [0.2, 0.25) is 0 Å². The first kappa shape index (κ1) is 19.5. The number of halogens is 3. The summed E-state index contributed by atoms with van der Waals surface area (Å²) in [5.41, 5.74) is 0.669. The van der Waals surface area contributed by atoms with Crippen molar-refractivity contribution in [2.45, 2.75) is 6.61 Å². The number of benzene rings is 2. The molecule has 0 saturated carbocycles. The van der Waals surface area contributed by atoms with E-state index in [0.717, 1.165) is 0 Å².